The van der Waals surface area contributed by atoms with Crippen LogP contribution >= 0.6 is 11.6 Å². The second-order valence-electron chi connectivity index (χ2n) is 4.94. The molecule has 1 fully saturated rings. The maximum absolute atomic E-state index is 11.7. The average molecular weight is 299 g/mol. The summed E-state index contributed by atoms with van der Waals surface area (Å²) in [5.41, 5.74) is 0. The number of carbonyl (C=O) groups is 1. The second-order valence-corrected chi connectivity index (χ2v) is 5.35. The first kappa shape index (κ1) is 14.9. The number of nitrogens with one attached hydrogen (secondary N) is 2. The van der Waals surface area contributed by atoms with Gasteiger partial charge in [-0.15, -0.1) is 0 Å². The van der Waals surface area contributed by atoms with Crippen LogP contribution in [0.1, 0.15) is 13.3 Å². The van der Waals surface area contributed by atoms with E-state index in [4.69, 9.17) is 16.7 Å². The van der Waals surface area contributed by atoms with Gasteiger partial charge < -0.3 is 20.6 Å². The van der Waals surface area contributed by atoms with Crippen molar-refractivity contribution in [2.75, 3.05) is 24.6 Å². The third kappa shape index (κ3) is 3.74. The van der Waals surface area contributed by atoms with Crippen LogP contribution < -0.4 is 15.5 Å². The Morgan fingerprint density at radius 3 is 3.20 bits per heavy atom. The zero-order chi connectivity index (χ0) is 14.5. The molecular formula is C13H19ClN4O2. The molecule has 0 radical (unpaired) electrons. The number of aliphatic hydroxyl groups is 1. The summed E-state index contributed by atoms with van der Waals surface area (Å²) in [6.07, 6.45) is 2.55. The highest BCUT2D eigenvalue weighted by Gasteiger charge is 2.26. The first-order valence-corrected chi connectivity index (χ1v) is 7.01. The van der Waals surface area contributed by atoms with Crippen molar-refractivity contribution in [3.63, 3.8) is 0 Å². The normalized spacial score (nSPS) is 19.8. The number of hydrogen-bond donors (Lipinski definition) is 3. The number of nitrogens with zero attached hydrogens (tertiary/aromatic N) is 2. The molecule has 2 amide bonds. The van der Waals surface area contributed by atoms with Crippen LogP contribution in [0, 0.1) is 0 Å². The molecule has 2 rings (SSSR count). The number of anilines is 1. The molecule has 2 unspecified atom stereocenters. The molecule has 0 saturated carbocycles. The van der Waals surface area contributed by atoms with Gasteiger partial charge in [0.15, 0.2) is 0 Å². The standard InChI is InChI=1S/C13H19ClN4O2/c1-9(8-19)16-13(20)17-10-4-6-18(7-10)12-11(14)3-2-5-15-12/h2-3,5,9-10,19H,4,6-8H2,1H3,(H2,16,17,20). The monoisotopic (exact) mass is 298 g/mol. The Morgan fingerprint density at radius 1 is 1.70 bits per heavy atom. The molecular weight excluding hydrogens is 280 g/mol. The largest absolute Gasteiger partial charge is 0.394 e. The molecule has 110 valence electrons. The maximum Gasteiger partial charge on any atom is 0.315 e. The number of hydrogen-bond acceptors (Lipinski definition) is 4. The van der Waals surface area contributed by atoms with E-state index in [2.05, 4.69) is 20.5 Å². The van der Waals surface area contributed by atoms with Gasteiger partial charge in [0.05, 0.1) is 17.7 Å². The molecule has 2 heterocycles. The lowest BCUT2D eigenvalue weighted by molar-refractivity contribution is 0.218. The number of urea groups is 1. The van der Waals surface area contributed by atoms with Crippen LogP contribution in [0.2, 0.25) is 5.02 Å². The van der Waals surface area contributed by atoms with Gasteiger partial charge in [-0.1, -0.05) is 11.6 Å². The predicted molar refractivity (Wildman–Crippen MR) is 78.1 cm³/mol. The van der Waals surface area contributed by atoms with Gasteiger partial charge in [0, 0.05) is 25.3 Å². The Balaban J connectivity index is 1.87. The fourth-order valence-corrected chi connectivity index (χ4v) is 2.42. The first-order valence-electron chi connectivity index (χ1n) is 6.63. The van der Waals surface area contributed by atoms with Crippen molar-refractivity contribution >= 4 is 23.4 Å². The summed E-state index contributed by atoms with van der Waals surface area (Å²) in [4.78, 5) is 18.0. The molecule has 0 aromatic carbocycles. The van der Waals surface area contributed by atoms with Gasteiger partial charge in [0.1, 0.15) is 5.82 Å². The van der Waals surface area contributed by atoms with E-state index in [1.165, 1.54) is 0 Å². The number of halogens is 1. The molecule has 3 N–H and O–H groups in total. The number of aromatic nitrogens is 1. The molecule has 1 aliphatic rings. The Labute approximate surface area is 123 Å². The number of aliphatic hydroxyl groups excluding tert-OH is 1. The molecule has 0 bridgehead atoms. The van der Waals surface area contributed by atoms with E-state index in [-0.39, 0.29) is 24.7 Å². The lowest BCUT2D eigenvalue weighted by Crippen LogP contribution is -2.47. The first-order chi connectivity index (χ1) is 9.60. The van der Waals surface area contributed by atoms with Gasteiger partial charge in [-0.05, 0) is 25.5 Å². The fraction of sp³-hybridized carbons (Fsp3) is 0.538. The van der Waals surface area contributed by atoms with Crippen molar-refractivity contribution in [1.82, 2.24) is 15.6 Å². The predicted octanol–water partition coefficient (Wildman–Crippen LogP) is 0.994. The van der Waals surface area contributed by atoms with E-state index in [0.717, 1.165) is 18.8 Å². The van der Waals surface area contributed by atoms with Crippen LogP contribution in [0.4, 0.5) is 10.6 Å². The minimum Gasteiger partial charge on any atom is -0.394 e. The summed E-state index contributed by atoms with van der Waals surface area (Å²) >= 11 is 6.11. The summed E-state index contributed by atoms with van der Waals surface area (Å²) in [5, 5.41) is 15.1. The van der Waals surface area contributed by atoms with Gasteiger partial charge in [-0.2, -0.15) is 0 Å². The van der Waals surface area contributed by atoms with Gasteiger partial charge in [-0.25, -0.2) is 9.78 Å². The SMILES string of the molecule is CC(CO)NC(=O)NC1CCN(c2ncccc2Cl)C1. The molecule has 1 aliphatic heterocycles. The smallest absolute Gasteiger partial charge is 0.315 e. The lowest BCUT2D eigenvalue weighted by Gasteiger charge is -2.19. The average Bonchev–Trinajstić information content (AvgIpc) is 2.87. The molecule has 0 spiro atoms. The Morgan fingerprint density at radius 2 is 2.50 bits per heavy atom. The number of carbonyl (C=O) groups excluding carboxylic acids is 1. The van der Waals surface area contributed by atoms with E-state index in [1.807, 2.05) is 0 Å². The summed E-state index contributed by atoms with van der Waals surface area (Å²) in [6, 6.07) is 3.14. The second kappa shape index (κ2) is 6.76. The van der Waals surface area contributed by atoms with Crippen LogP contribution in [0.15, 0.2) is 18.3 Å². The summed E-state index contributed by atoms with van der Waals surface area (Å²) < 4.78 is 0. The summed E-state index contributed by atoms with van der Waals surface area (Å²) in [6.45, 7) is 3.15. The highest BCUT2D eigenvalue weighted by Crippen LogP contribution is 2.25. The zero-order valence-electron chi connectivity index (χ0n) is 11.3. The topological polar surface area (TPSA) is 77.5 Å². The molecule has 7 heteroatoms. The molecule has 20 heavy (non-hydrogen) atoms. The number of rotatable bonds is 4. The van der Waals surface area contributed by atoms with Crippen LogP contribution in [-0.2, 0) is 0 Å². The van der Waals surface area contributed by atoms with Crippen molar-refractivity contribution in [2.45, 2.75) is 25.4 Å². The summed E-state index contributed by atoms with van der Waals surface area (Å²) in [5.74, 6) is 0.752. The van der Waals surface area contributed by atoms with E-state index >= 15 is 0 Å². The highest BCUT2D eigenvalue weighted by atomic mass is 35.5. The van der Waals surface area contributed by atoms with Crippen LogP contribution in [-0.4, -0.2) is 47.9 Å². The van der Waals surface area contributed by atoms with E-state index in [1.54, 1.807) is 25.3 Å². The van der Waals surface area contributed by atoms with Gasteiger partial charge in [0.2, 0.25) is 0 Å². The van der Waals surface area contributed by atoms with Crippen molar-refractivity contribution in [1.29, 1.82) is 0 Å². The third-order valence-corrected chi connectivity index (χ3v) is 3.51. The Hall–Kier alpha value is -1.53. The Kier molecular flexibility index (Phi) is 5.03. The molecule has 1 saturated heterocycles. The van der Waals surface area contributed by atoms with Gasteiger partial charge in [-0.3, -0.25) is 0 Å². The molecule has 2 atom stereocenters. The highest BCUT2D eigenvalue weighted by molar-refractivity contribution is 6.32. The van der Waals surface area contributed by atoms with E-state index in [9.17, 15) is 4.79 Å². The molecule has 0 aliphatic carbocycles. The van der Waals surface area contributed by atoms with Crippen molar-refractivity contribution in [3.05, 3.63) is 23.4 Å². The number of pyridine rings is 1. The number of amides is 2. The Bertz CT molecular complexity index is 471. The van der Waals surface area contributed by atoms with Crippen LogP contribution in [0.5, 0.6) is 0 Å². The van der Waals surface area contributed by atoms with Crippen molar-refractivity contribution < 1.29 is 9.90 Å². The van der Waals surface area contributed by atoms with Gasteiger partial charge >= 0.3 is 6.03 Å². The minimum atomic E-state index is -0.259. The minimum absolute atomic E-state index is 0.0546. The quantitative estimate of drug-likeness (QED) is 0.775. The maximum atomic E-state index is 11.7. The fourth-order valence-electron chi connectivity index (χ4n) is 2.18. The van der Waals surface area contributed by atoms with E-state index < -0.39 is 0 Å². The zero-order valence-corrected chi connectivity index (χ0v) is 12.1. The van der Waals surface area contributed by atoms with Crippen molar-refractivity contribution in [3.8, 4) is 0 Å². The third-order valence-electron chi connectivity index (χ3n) is 3.21. The molecule has 1 aromatic heterocycles. The van der Waals surface area contributed by atoms with E-state index in [0.29, 0.717) is 11.6 Å². The molecule has 1 aromatic rings. The molecule has 6 nitrogen and oxygen atoms in total. The summed E-state index contributed by atoms with van der Waals surface area (Å²) in [7, 11) is 0. The van der Waals surface area contributed by atoms with Gasteiger partial charge in [0.25, 0.3) is 0 Å². The lowest BCUT2D eigenvalue weighted by atomic mass is 10.3. The van der Waals surface area contributed by atoms with Crippen molar-refractivity contribution in [2.24, 2.45) is 0 Å². The van der Waals surface area contributed by atoms with Crippen LogP contribution in [0.25, 0.3) is 0 Å². The van der Waals surface area contributed by atoms with Crippen LogP contribution in [0.3, 0.4) is 0 Å².